The third kappa shape index (κ3) is 6.60. The number of ether oxygens (including phenoxy) is 5. The lowest BCUT2D eigenvalue weighted by molar-refractivity contribution is -0.251. The minimum absolute atomic E-state index is 0.275. The Bertz CT molecular complexity index is 1010. The van der Waals surface area contributed by atoms with Crippen LogP contribution in [0, 0.1) is 22.7 Å². The van der Waals surface area contributed by atoms with Gasteiger partial charge in [0.1, 0.15) is 23.9 Å². The van der Waals surface area contributed by atoms with Gasteiger partial charge in [0.2, 0.25) is 6.29 Å². The highest BCUT2D eigenvalue weighted by atomic mass is 16.8. The molecule has 0 aromatic carbocycles. The predicted octanol–water partition coefficient (Wildman–Crippen LogP) is 4.55. The zero-order valence-corrected chi connectivity index (χ0v) is 25.5. The van der Waals surface area contributed by atoms with Crippen molar-refractivity contribution in [2.45, 2.75) is 136 Å². The molecule has 1 N–H and O–H groups in total. The lowest BCUT2D eigenvalue weighted by Crippen LogP contribution is -2.65. The van der Waals surface area contributed by atoms with Crippen LogP contribution in [0.2, 0.25) is 0 Å². The summed E-state index contributed by atoms with van der Waals surface area (Å²) >= 11 is 0. The highest BCUT2D eigenvalue weighted by molar-refractivity contribution is 5.87. The summed E-state index contributed by atoms with van der Waals surface area (Å²) in [5, 5.41) is 12.0. The average molecular weight is 593 g/mol. The van der Waals surface area contributed by atoms with Crippen LogP contribution in [0.25, 0.3) is 0 Å². The lowest BCUT2D eigenvalue weighted by atomic mass is 9.46. The molecule has 4 aliphatic rings. The minimum atomic E-state index is -1.56. The van der Waals surface area contributed by atoms with Crippen LogP contribution >= 0.6 is 0 Å². The van der Waals surface area contributed by atoms with Gasteiger partial charge in [-0.3, -0.25) is 14.4 Å². The molecule has 2 saturated heterocycles. The molecule has 0 radical (unpaired) electrons. The Morgan fingerprint density at radius 1 is 1.17 bits per heavy atom. The molecular weight excluding hydrogens is 544 g/mol. The number of aliphatic hydroxyl groups excluding tert-OH is 1. The van der Waals surface area contributed by atoms with Crippen LogP contribution < -0.4 is 0 Å². The van der Waals surface area contributed by atoms with E-state index in [4.69, 9.17) is 23.7 Å². The van der Waals surface area contributed by atoms with E-state index in [1.165, 1.54) is 6.92 Å². The number of allylic oxidation sites excluding steroid dienone is 1. The molecule has 10 heteroatoms. The first-order chi connectivity index (χ1) is 20.1. The molecule has 0 aromatic rings. The first kappa shape index (κ1) is 32.6. The van der Waals surface area contributed by atoms with E-state index in [0.717, 1.165) is 44.9 Å². The van der Waals surface area contributed by atoms with E-state index in [0.29, 0.717) is 44.1 Å². The summed E-state index contributed by atoms with van der Waals surface area (Å²) in [5.41, 5.74) is -1.83. The van der Waals surface area contributed by atoms with Crippen molar-refractivity contribution in [2.75, 3.05) is 6.61 Å². The third-order valence-corrected chi connectivity index (χ3v) is 9.62. The van der Waals surface area contributed by atoms with Gasteiger partial charge in [0.25, 0.3) is 0 Å². The number of esters is 3. The van der Waals surface area contributed by atoms with E-state index in [9.17, 15) is 24.3 Å². The van der Waals surface area contributed by atoms with Crippen molar-refractivity contribution < 1.29 is 48.0 Å². The fraction of sp³-hybridized carbons (Fsp3) is 0.812. The number of cyclic esters (lactones) is 1. The molecule has 2 heterocycles. The van der Waals surface area contributed by atoms with Crippen LogP contribution in [0.1, 0.15) is 105 Å². The Kier molecular flexibility index (Phi) is 10.9. The van der Waals surface area contributed by atoms with Crippen LogP contribution in [0.15, 0.2) is 11.6 Å². The van der Waals surface area contributed by atoms with E-state index in [-0.39, 0.29) is 6.42 Å². The molecule has 1 spiro atoms. The maximum atomic E-state index is 13.9. The van der Waals surface area contributed by atoms with Crippen molar-refractivity contribution in [3.05, 3.63) is 11.6 Å². The van der Waals surface area contributed by atoms with Crippen LogP contribution in [0.4, 0.5) is 0 Å². The number of hydrogen-bond donors (Lipinski definition) is 1. The largest absolute Gasteiger partial charge is 0.457 e. The number of hydrogen-bond acceptors (Lipinski definition) is 10. The Morgan fingerprint density at radius 2 is 1.90 bits per heavy atom. The van der Waals surface area contributed by atoms with Gasteiger partial charge in [-0.2, -0.15) is 0 Å². The molecule has 10 nitrogen and oxygen atoms in total. The fourth-order valence-electron chi connectivity index (χ4n) is 7.61. The second-order valence-electron chi connectivity index (χ2n) is 13.0. The van der Waals surface area contributed by atoms with E-state index < -0.39 is 71.5 Å². The molecule has 236 valence electrons. The van der Waals surface area contributed by atoms with Gasteiger partial charge in [0, 0.05) is 13.5 Å². The molecule has 3 fully saturated rings. The molecule has 1 unspecified atom stereocenters. The summed E-state index contributed by atoms with van der Waals surface area (Å²) in [6.07, 6.45) is 6.52. The van der Waals surface area contributed by atoms with Gasteiger partial charge >= 0.3 is 17.9 Å². The van der Waals surface area contributed by atoms with Crippen molar-refractivity contribution in [3.8, 4) is 0 Å². The number of rotatable bonds is 13. The van der Waals surface area contributed by atoms with Gasteiger partial charge in [0.15, 0.2) is 12.4 Å². The Balaban J connectivity index is 1.57. The highest BCUT2D eigenvalue weighted by Crippen LogP contribution is 2.64. The van der Waals surface area contributed by atoms with E-state index in [1.54, 1.807) is 6.08 Å². The zero-order chi connectivity index (χ0) is 30.5. The summed E-state index contributed by atoms with van der Waals surface area (Å²) in [5.74, 6) is -3.31. The van der Waals surface area contributed by atoms with Gasteiger partial charge in [-0.05, 0) is 61.9 Å². The monoisotopic (exact) mass is 592 g/mol. The molecule has 1 saturated carbocycles. The van der Waals surface area contributed by atoms with Crippen molar-refractivity contribution >= 4 is 24.2 Å². The molecule has 2 aliphatic carbocycles. The van der Waals surface area contributed by atoms with E-state index >= 15 is 0 Å². The number of aliphatic hydroxyl groups is 1. The van der Waals surface area contributed by atoms with Gasteiger partial charge < -0.3 is 28.8 Å². The summed E-state index contributed by atoms with van der Waals surface area (Å²) in [6.45, 7) is 7.85. The van der Waals surface area contributed by atoms with Crippen LogP contribution in [0.5, 0.6) is 0 Å². The smallest absolute Gasteiger partial charge is 0.347 e. The lowest BCUT2D eigenvalue weighted by Gasteiger charge is -2.56. The zero-order valence-electron chi connectivity index (χ0n) is 25.5. The topological polar surface area (TPSA) is 135 Å². The van der Waals surface area contributed by atoms with Gasteiger partial charge in [-0.15, -0.1) is 0 Å². The molecular formula is C32H48O10. The molecule has 0 bridgehead atoms. The maximum absolute atomic E-state index is 13.9. The van der Waals surface area contributed by atoms with Crippen LogP contribution in [-0.2, 0) is 42.9 Å². The van der Waals surface area contributed by atoms with Gasteiger partial charge in [0.05, 0.1) is 5.92 Å². The number of carbonyl (C=O) groups is 4. The highest BCUT2D eigenvalue weighted by Gasteiger charge is 2.73. The Hall–Kier alpha value is -2.30. The second-order valence-corrected chi connectivity index (χ2v) is 13.0. The normalized spacial score (nSPS) is 34.3. The maximum Gasteiger partial charge on any atom is 0.347 e. The average Bonchev–Trinajstić information content (AvgIpc) is 3.24. The molecule has 8 atom stereocenters. The molecule has 0 aromatic heterocycles. The van der Waals surface area contributed by atoms with Gasteiger partial charge in [-0.1, -0.05) is 59.0 Å². The predicted molar refractivity (Wildman–Crippen MR) is 151 cm³/mol. The third-order valence-electron chi connectivity index (χ3n) is 9.62. The summed E-state index contributed by atoms with van der Waals surface area (Å²) in [6, 6.07) is 0. The minimum Gasteiger partial charge on any atom is -0.457 e. The van der Waals surface area contributed by atoms with E-state index in [2.05, 4.69) is 6.92 Å². The number of carbonyl (C=O) groups excluding carboxylic acids is 4. The first-order valence-electron chi connectivity index (χ1n) is 15.7. The molecule has 42 heavy (non-hydrogen) atoms. The van der Waals surface area contributed by atoms with Crippen LogP contribution in [-0.4, -0.2) is 66.8 Å². The van der Waals surface area contributed by atoms with Crippen molar-refractivity contribution in [1.29, 1.82) is 0 Å². The molecule has 0 amide bonds. The molecule has 4 rings (SSSR count). The van der Waals surface area contributed by atoms with Crippen molar-refractivity contribution in [1.82, 2.24) is 0 Å². The standard InChI is InChI=1S/C32H48O10/c1-5-6-7-8-9-10-13-22(39-20(2)34)28(36)40-23-18-31(3,4)24-16-15-21(19-33)26-29(41-25-14-11-12-17-38-25)42-30(37)32(24,26)27(23)35/h15,19,22-27,29,35H,5-14,16-18H2,1-4H3/t22-,23+,24+,25?,26-,27+,29+,32-/m1/s1. The van der Waals surface area contributed by atoms with Crippen LogP contribution in [0.3, 0.4) is 0 Å². The Labute approximate surface area is 248 Å². The summed E-state index contributed by atoms with van der Waals surface area (Å²) in [4.78, 5) is 51.4. The summed E-state index contributed by atoms with van der Waals surface area (Å²) in [7, 11) is 0. The second kappa shape index (κ2) is 14.0. The van der Waals surface area contributed by atoms with Crippen molar-refractivity contribution in [3.63, 3.8) is 0 Å². The fourth-order valence-corrected chi connectivity index (χ4v) is 7.61. The SMILES string of the molecule is CCCCCCCC[C@@H](OC(C)=O)C(=O)O[C@H]1CC(C)(C)[C@@H]2CC=C(C=O)[C@@H]3[C@@H](OC4CCCCO4)OC(=O)[C@@]32[C@H]1O. The molecule has 2 aliphatic heterocycles. The van der Waals surface area contributed by atoms with Crippen molar-refractivity contribution in [2.24, 2.45) is 22.7 Å². The summed E-state index contributed by atoms with van der Waals surface area (Å²) < 4.78 is 28.9. The number of unbranched alkanes of at least 4 members (excludes halogenated alkanes) is 5. The number of aldehydes is 1. The van der Waals surface area contributed by atoms with E-state index in [1.807, 2.05) is 13.8 Å². The van der Waals surface area contributed by atoms with Gasteiger partial charge in [-0.25, -0.2) is 4.79 Å². The Morgan fingerprint density at radius 3 is 2.57 bits per heavy atom. The quantitative estimate of drug-likeness (QED) is 0.140. The first-order valence-corrected chi connectivity index (χ1v) is 15.7.